The average Bonchev–Trinajstić information content (AvgIpc) is 2.47. The van der Waals surface area contributed by atoms with Crippen LogP contribution in [0.25, 0.3) is 0 Å². The van der Waals surface area contributed by atoms with Gasteiger partial charge in [0, 0.05) is 11.8 Å². The lowest BCUT2D eigenvalue weighted by Gasteiger charge is -2.14. The largest absolute Gasteiger partial charge is 0.344 e. The highest BCUT2D eigenvalue weighted by molar-refractivity contribution is 5.92. The van der Waals surface area contributed by atoms with E-state index in [0.717, 1.165) is 0 Å². The van der Waals surface area contributed by atoms with Crippen molar-refractivity contribution in [3.8, 4) is 6.07 Å². The van der Waals surface area contributed by atoms with Gasteiger partial charge in [0.2, 0.25) is 0 Å². The molecular weight excluding hydrogens is 257 g/mol. The molecule has 20 heavy (non-hydrogen) atoms. The number of nitrogens with zero attached hydrogens (tertiary/aromatic N) is 2. The Bertz CT molecular complexity index is 662. The number of hydrogen-bond acceptors (Lipinski definition) is 3. The monoisotopic (exact) mass is 269 g/mol. The number of rotatable bonds is 3. The summed E-state index contributed by atoms with van der Waals surface area (Å²) in [6.07, 6.45) is 1.32. The van der Waals surface area contributed by atoms with Gasteiger partial charge >= 0.3 is 0 Å². The standard InChI is InChI=1S/C15H12FN3O/c1-10(12-4-2-3-5-13(12)16)19-15(20)14-7-6-11(8-17)9-18-14/h2-7,9-10H,1H3,(H,19,20). The van der Waals surface area contributed by atoms with E-state index < -0.39 is 11.9 Å². The van der Waals surface area contributed by atoms with Gasteiger partial charge in [-0.15, -0.1) is 0 Å². The Morgan fingerprint density at radius 2 is 2.10 bits per heavy atom. The number of amides is 1. The molecule has 0 radical (unpaired) electrons. The van der Waals surface area contributed by atoms with Crippen molar-refractivity contribution < 1.29 is 9.18 Å². The van der Waals surface area contributed by atoms with E-state index in [4.69, 9.17) is 5.26 Å². The zero-order valence-electron chi connectivity index (χ0n) is 10.8. The Balaban J connectivity index is 2.11. The van der Waals surface area contributed by atoms with Gasteiger partial charge in [-0.05, 0) is 25.1 Å². The van der Waals surface area contributed by atoms with Crippen LogP contribution >= 0.6 is 0 Å². The Morgan fingerprint density at radius 3 is 2.70 bits per heavy atom. The average molecular weight is 269 g/mol. The molecule has 4 nitrogen and oxygen atoms in total. The van der Waals surface area contributed by atoms with Crippen LogP contribution in [0.1, 0.15) is 34.6 Å². The molecular formula is C15H12FN3O. The number of halogens is 1. The number of carbonyl (C=O) groups is 1. The smallest absolute Gasteiger partial charge is 0.270 e. The first-order valence-corrected chi connectivity index (χ1v) is 6.03. The second kappa shape index (κ2) is 5.93. The highest BCUT2D eigenvalue weighted by Gasteiger charge is 2.15. The number of nitrogens with one attached hydrogen (secondary N) is 1. The van der Waals surface area contributed by atoms with Crippen LogP contribution in [0.15, 0.2) is 42.6 Å². The summed E-state index contributed by atoms with van der Waals surface area (Å²) in [6.45, 7) is 1.69. The first kappa shape index (κ1) is 13.7. The van der Waals surface area contributed by atoms with Crippen molar-refractivity contribution >= 4 is 5.91 Å². The highest BCUT2D eigenvalue weighted by atomic mass is 19.1. The van der Waals surface area contributed by atoms with Gasteiger partial charge in [0.25, 0.3) is 5.91 Å². The molecule has 2 aromatic rings. The lowest BCUT2D eigenvalue weighted by molar-refractivity contribution is 0.0934. The van der Waals surface area contributed by atoms with E-state index in [1.807, 2.05) is 6.07 Å². The van der Waals surface area contributed by atoms with Gasteiger partial charge in [-0.1, -0.05) is 18.2 Å². The molecule has 0 spiro atoms. The number of aromatic nitrogens is 1. The van der Waals surface area contributed by atoms with E-state index in [-0.39, 0.29) is 11.5 Å². The molecule has 0 aliphatic heterocycles. The molecule has 1 amide bonds. The van der Waals surface area contributed by atoms with Crippen LogP contribution in [-0.4, -0.2) is 10.9 Å². The van der Waals surface area contributed by atoms with Crippen LogP contribution in [-0.2, 0) is 0 Å². The maximum Gasteiger partial charge on any atom is 0.270 e. The quantitative estimate of drug-likeness (QED) is 0.931. The topological polar surface area (TPSA) is 65.8 Å². The Labute approximate surface area is 115 Å². The van der Waals surface area contributed by atoms with Gasteiger partial charge in [-0.3, -0.25) is 4.79 Å². The molecule has 1 N–H and O–H groups in total. The molecule has 1 unspecified atom stereocenters. The molecule has 1 aromatic heterocycles. The van der Waals surface area contributed by atoms with E-state index in [0.29, 0.717) is 11.1 Å². The highest BCUT2D eigenvalue weighted by Crippen LogP contribution is 2.16. The van der Waals surface area contributed by atoms with Crippen molar-refractivity contribution in [1.29, 1.82) is 5.26 Å². The third-order valence-electron chi connectivity index (χ3n) is 2.84. The second-order valence-corrected chi connectivity index (χ2v) is 4.26. The zero-order chi connectivity index (χ0) is 14.5. The minimum Gasteiger partial charge on any atom is -0.344 e. The molecule has 0 aliphatic carbocycles. The molecule has 100 valence electrons. The molecule has 5 heteroatoms. The molecule has 0 aliphatic rings. The first-order chi connectivity index (χ1) is 9.61. The Morgan fingerprint density at radius 1 is 1.35 bits per heavy atom. The maximum absolute atomic E-state index is 13.6. The number of hydrogen-bond donors (Lipinski definition) is 1. The van der Waals surface area contributed by atoms with Gasteiger partial charge in [0.05, 0.1) is 11.6 Å². The van der Waals surface area contributed by atoms with Gasteiger partial charge in [0.1, 0.15) is 17.6 Å². The van der Waals surface area contributed by atoms with Gasteiger partial charge in [0.15, 0.2) is 0 Å². The van der Waals surface area contributed by atoms with Crippen LogP contribution in [0.2, 0.25) is 0 Å². The molecule has 0 saturated carbocycles. The fourth-order valence-electron chi connectivity index (χ4n) is 1.77. The molecule has 0 bridgehead atoms. The summed E-state index contributed by atoms with van der Waals surface area (Å²) >= 11 is 0. The maximum atomic E-state index is 13.6. The van der Waals surface area contributed by atoms with E-state index in [2.05, 4.69) is 10.3 Å². The van der Waals surface area contributed by atoms with E-state index in [1.54, 1.807) is 25.1 Å². The summed E-state index contributed by atoms with van der Waals surface area (Å²) in [5, 5.41) is 11.3. The molecule has 2 rings (SSSR count). The lowest BCUT2D eigenvalue weighted by Crippen LogP contribution is -2.27. The normalized spacial score (nSPS) is 11.4. The molecule has 0 fully saturated rings. The lowest BCUT2D eigenvalue weighted by atomic mass is 10.1. The summed E-state index contributed by atoms with van der Waals surface area (Å²) in [5.74, 6) is -0.779. The third kappa shape index (κ3) is 2.98. The van der Waals surface area contributed by atoms with Crippen molar-refractivity contribution in [2.75, 3.05) is 0 Å². The minimum absolute atomic E-state index is 0.187. The van der Waals surface area contributed by atoms with Crippen molar-refractivity contribution in [3.63, 3.8) is 0 Å². The van der Waals surface area contributed by atoms with Crippen LogP contribution in [0.4, 0.5) is 4.39 Å². The van der Waals surface area contributed by atoms with E-state index in [9.17, 15) is 9.18 Å². The third-order valence-corrected chi connectivity index (χ3v) is 2.84. The first-order valence-electron chi connectivity index (χ1n) is 6.03. The predicted octanol–water partition coefficient (Wildman–Crippen LogP) is 2.58. The van der Waals surface area contributed by atoms with Crippen molar-refractivity contribution in [1.82, 2.24) is 10.3 Å². The molecule has 1 aromatic carbocycles. The van der Waals surface area contributed by atoms with Crippen LogP contribution in [0, 0.1) is 17.1 Å². The number of pyridine rings is 1. The SMILES string of the molecule is CC(NC(=O)c1ccc(C#N)cn1)c1ccccc1F. The number of nitriles is 1. The van der Waals surface area contributed by atoms with E-state index >= 15 is 0 Å². The van der Waals surface area contributed by atoms with Gasteiger partial charge in [-0.25, -0.2) is 9.37 Å². The second-order valence-electron chi connectivity index (χ2n) is 4.26. The van der Waals surface area contributed by atoms with Gasteiger partial charge < -0.3 is 5.32 Å². The summed E-state index contributed by atoms with van der Waals surface area (Å²) in [5.41, 5.74) is 0.977. The van der Waals surface area contributed by atoms with Crippen molar-refractivity contribution in [2.45, 2.75) is 13.0 Å². The summed E-state index contributed by atoms with van der Waals surface area (Å²) in [4.78, 5) is 15.9. The van der Waals surface area contributed by atoms with Crippen LogP contribution in [0.3, 0.4) is 0 Å². The van der Waals surface area contributed by atoms with Crippen molar-refractivity contribution in [2.24, 2.45) is 0 Å². The fourth-order valence-corrected chi connectivity index (χ4v) is 1.77. The van der Waals surface area contributed by atoms with Gasteiger partial charge in [-0.2, -0.15) is 5.26 Å². The van der Waals surface area contributed by atoms with E-state index in [1.165, 1.54) is 24.4 Å². The Hall–Kier alpha value is -2.74. The van der Waals surface area contributed by atoms with Crippen LogP contribution < -0.4 is 5.32 Å². The van der Waals surface area contributed by atoms with Crippen LogP contribution in [0.5, 0.6) is 0 Å². The molecule has 1 heterocycles. The molecule has 1 atom stereocenters. The fraction of sp³-hybridized carbons (Fsp3) is 0.133. The predicted molar refractivity (Wildman–Crippen MR) is 71.2 cm³/mol. The summed E-state index contributed by atoms with van der Waals surface area (Å²) in [6, 6.07) is 10.7. The minimum atomic E-state index is -0.471. The summed E-state index contributed by atoms with van der Waals surface area (Å²) in [7, 11) is 0. The Kier molecular flexibility index (Phi) is 4.06. The number of benzene rings is 1. The zero-order valence-corrected chi connectivity index (χ0v) is 10.8. The number of carbonyl (C=O) groups excluding carboxylic acids is 1. The summed E-state index contributed by atoms with van der Waals surface area (Å²) < 4.78 is 13.6. The van der Waals surface area contributed by atoms with Crippen molar-refractivity contribution in [3.05, 3.63) is 65.2 Å². The molecule has 0 saturated heterocycles.